The molecule has 0 radical (unpaired) electrons. The van der Waals surface area contributed by atoms with Crippen molar-refractivity contribution in [3.63, 3.8) is 0 Å². The summed E-state index contributed by atoms with van der Waals surface area (Å²) in [5, 5.41) is 2.74. The van der Waals surface area contributed by atoms with E-state index >= 15 is 0 Å². The molecule has 122 valence electrons. The Kier molecular flexibility index (Phi) is 6.09. The SMILES string of the molecule is CC(CNC(=O)COc1ccc(F)cc1F)N1CCOCC1. The number of morpholine rings is 1. The second-order valence-corrected chi connectivity index (χ2v) is 5.16. The zero-order chi connectivity index (χ0) is 15.9. The number of carbonyl (C=O) groups is 1. The Morgan fingerprint density at radius 1 is 1.41 bits per heavy atom. The topological polar surface area (TPSA) is 50.8 Å². The molecule has 0 bridgehead atoms. The lowest BCUT2D eigenvalue weighted by Crippen LogP contribution is -2.47. The van der Waals surface area contributed by atoms with Crippen LogP contribution in [0.1, 0.15) is 6.92 Å². The molecular weight excluding hydrogens is 294 g/mol. The lowest BCUT2D eigenvalue weighted by Gasteiger charge is -2.32. The monoisotopic (exact) mass is 314 g/mol. The van der Waals surface area contributed by atoms with Crippen LogP contribution in [0.2, 0.25) is 0 Å². The van der Waals surface area contributed by atoms with E-state index < -0.39 is 11.6 Å². The second kappa shape index (κ2) is 8.05. The van der Waals surface area contributed by atoms with E-state index in [9.17, 15) is 13.6 Å². The first kappa shape index (κ1) is 16.6. The van der Waals surface area contributed by atoms with Crippen LogP contribution in [0.15, 0.2) is 18.2 Å². The highest BCUT2D eigenvalue weighted by Gasteiger charge is 2.17. The summed E-state index contributed by atoms with van der Waals surface area (Å²) in [5.74, 6) is -2.00. The molecule has 0 aliphatic carbocycles. The molecule has 1 aromatic carbocycles. The summed E-state index contributed by atoms with van der Waals surface area (Å²) in [5.41, 5.74) is 0. The van der Waals surface area contributed by atoms with Gasteiger partial charge in [0.2, 0.25) is 0 Å². The van der Waals surface area contributed by atoms with Gasteiger partial charge >= 0.3 is 0 Å². The van der Waals surface area contributed by atoms with Gasteiger partial charge < -0.3 is 14.8 Å². The largest absolute Gasteiger partial charge is 0.481 e. The molecular formula is C15H20F2N2O3. The summed E-state index contributed by atoms with van der Waals surface area (Å²) in [6.45, 7) is 5.28. The van der Waals surface area contributed by atoms with Gasteiger partial charge in [0, 0.05) is 31.7 Å². The summed E-state index contributed by atoms with van der Waals surface area (Å²) in [7, 11) is 0. The zero-order valence-electron chi connectivity index (χ0n) is 12.5. The first-order chi connectivity index (χ1) is 10.6. The Balaban J connectivity index is 1.71. The lowest BCUT2D eigenvalue weighted by atomic mass is 10.2. The zero-order valence-corrected chi connectivity index (χ0v) is 12.5. The van der Waals surface area contributed by atoms with Crippen LogP contribution in [0.5, 0.6) is 5.75 Å². The molecule has 1 aromatic rings. The molecule has 1 aliphatic heterocycles. The lowest BCUT2D eigenvalue weighted by molar-refractivity contribution is -0.123. The van der Waals surface area contributed by atoms with Gasteiger partial charge in [-0.2, -0.15) is 0 Å². The summed E-state index contributed by atoms with van der Waals surface area (Å²) in [6, 6.07) is 3.15. The molecule has 1 N–H and O–H groups in total. The predicted molar refractivity (Wildman–Crippen MR) is 76.7 cm³/mol. The number of rotatable bonds is 6. The summed E-state index contributed by atoms with van der Waals surface area (Å²) in [6.07, 6.45) is 0. The second-order valence-electron chi connectivity index (χ2n) is 5.16. The molecule has 1 atom stereocenters. The number of hydrogen-bond acceptors (Lipinski definition) is 4. The van der Waals surface area contributed by atoms with E-state index in [4.69, 9.17) is 9.47 Å². The van der Waals surface area contributed by atoms with E-state index in [1.54, 1.807) is 0 Å². The number of benzene rings is 1. The van der Waals surface area contributed by atoms with Crippen LogP contribution in [0, 0.1) is 11.6 Å². The van der Waals surface area contributed by atoms with Gasteiger partial charge in [-0.25, -0.2) is 8.78 Å². The molecule has 1 unspecified atom stereocenters. The smallest absolute Gasteiger partial charge is 0.257 e. The van der Waals surface area contributed by atoms with Gasteiger partial charge in [0.15, 0.2) is 18.2 Å². The van der Waals surface area contributed by atoms with Crippen LogP contribution in [-0.2, 0) is 9.53 Å². The Morgan fingerprint density at radius 3 is 2.82 bits per heavy atom. The van der Waals surface area contributed by atoms with Crippen LogP contribution >= 0.6 is 0 Å². The van der Waals surface area contributed by atoms with Crippen LogP contribution in [0.4, 0.5) is 8.78 Å². The van der Waals surface area contributed by atoms with E-state index in [1.165, 1.54) is 0 Å². The number of nitrogens with zero attached hydrogens (tertiary/aromatic N) is 1. The van der Waals surface area contributed by atoms with Crippen LogP contribution in [-0.4, -0.2) is 56.3 Å². The average molecular weight is 314 g/mol. The average Bonchev–Trinajstić information content (AvgIpc) is 2.52. The van der Waals surface area contributed by atoms with Crippen LogP contribution in [0.3, 0.4) is 0 Å². The standard InChI is InChI=1S/C15H20F2N2O3/c1-11(19-4-6-21-7-5-19)9-18-15(20)10-22-14-3-2-12(16)8-13(14)17/h2-3,8,11H,4-7,9-10H2,1H3,(H,18,20). The van der Waals surface area contributed by atoms with Gasteiger partial charge in [-0.3, -0.25) is 9.69 Å². The Hall–Kier alpha value is -1.73. The first-order valence-corrected chi connectivity index (χ1v) is 7.22. The highest BCUT2D eigenvalue weighted by atomic mass is 19.1. The van der Waals surface area contributed by atoms with Crippen LogP contribution < -0.4 is 10.1 Å². The number of halogens is 2. The highest BCUT2D eigenvalue weighted by Crippen LogP contribution is 2.17. The molecule has 1 aliphatic rings. The Bertz CT molecular complexity index is 508. The minimum atomic E-state index is -0.825. The van der Waals surface area contributed by atoms with Crippen molar-refractivity contribution in [1.82, 2.24) is 10.2 Å². The van der Waals surface area contributed by atoms with Crippen molar-refractivity contribution in [1.29, 1.82) is 0 Å². The first-order valence-electron chi connectivity index (χ1n) is 7.22. The predicted octanol–water partition coefficient (Wildman–Crippen LogP) is 1.18. The van der Waals surface area contributed by atoms with Crippen LogP contribution in [0.25, 0.3) is 0 Å². The van der Waals surface area contributed by atoms with Crippen molar-refractivity contribution in [3.8, 4) is 5.75 Å². The van der Waals surface area contributed by atoms with E-state index in [2.05, 4.69) is 10.2 Å². The van der Waals surface area contributed by atoms with Crippen molar-refractivity contribution in [3.05, 3.63) is 29.8 Å². The normalized spacial score (nSPS) is 17.0. The van der Waals surface area contributed by atoms with Crippen molar-refractivity contribution >= 4 is 5.91 Å². The highest BCUT2D eigenvalue weighted by molar-refractivity contribution is 5.77. The maximum atomic E-state index is 13.3. The minimum absolute atomic E-state index is 0.141. The maximum Gasteiger partial charge on any atom is 0.257 e. The molecule has 1 amide bonds. The molecule has 0 spiro atoms. The summed E-state index contributed by atoms with van der Waals surface area (Å²) >= 11 is 0. The van der Waals surface area contributed by atoms with Crippen molar-refractivity contribution in [2.45, 2.75) is 13.0 Å². The fourth-order valence-corrected chi connectivity index (χ4v) is 2.20. The molecule has 1 fully saturated rings. The molecule has 2 rings (SSSR count). The number of hydrogen-bond donors (Lipinski definition) is 1. The molecule has 0 aromatic heterocycles. The van der Waals surface area contributed by atoms with E-state index in [0.717, 1.165) is 25.2 Å². The summed E-state index contributed by atoms with van der Waals surface area (Å²) < 4.78 is 36.4. The van der Waals surface area contributed by atoms with E-state index in [-0.39, 0.29) is 24.3 Å². The third-order valence-corrected chi connectivity index (χ3v) is 3.52. The molecule has 5 nitrogen and oxygen atoms in total. The van der Waals surface area contributed by atoms with Gasteiger partial charge in [0.1, 0.15) is 5.82 Å². The molecule has 1 heterocycles. The third-order valence-electron chi connectivity index (χ3n) is 3.52. The fraction of sp³-hybridized carbons (Fsp3) is 0.533. The maximum absolute atomic E-state index is 13.3. The molecule has 22 heavy (non-hydrogen) atoms. The molecule has 1 saturated heterocycles. The van der Waals surface area contributed by atoms with E-state index in [1.807, 2.05) is 6.92 Å². The van der Waals surface area contributed by atoms with Gasteiger partial charge in [-0.15, -0.1) is 0 Å². The van der Waals surface area contributed by atoms with Gasteiger partial charge in [0.25, 0.3) is 5.91 Å². The van der Waals surface area contributed by atoms with Crippen molar-refractivity contribution in [2.24, 2.45) is 0 Å². The Morgan fingerprint density at radius 2 is 2.14 bits per heavy atom. The van der Waals surface area contributed by atoms with Gasteiger partial charge in [0.05, 0.1) is 13.2 Å². The Labute approximate surface area is 128 Å². The molecule has 7 heteroatoms. The third kappa shape index (κ3) is 4.92. The fourth-order valence-electron chi connectivity index (χ4n) is 2.20. The number of carbonyl (C=O) groups excluding carboxylic acids is 1. The van der Waals surface area contributed by atoms with Crippen molar-refractivity contribution in [2.75, 3.05) is 39.5 Å². The number of nitrogens with one attached hydrogen (secondary N) is 1. The number of ether oxygens (including phenoxy) is 2. The van der Waals surface area contributed by atoms with Gasteiger partial charge in [-0.05, 0) is 19.1 Å². The van der Waals surface area contributed by atoms with Gasteiger partial charge in [-0.1, -0.05) is 0 Å². The number of amides is 1. The quantitative estimate of drug-likeness (QED) is 0.857. The van der Waals surface area contributed by atoms with Crippen molar-refractivity contribution < 1.29 is 23.0 Å². The van der Waals surface area contributed by atoms with E-state index in [0.29, 0.717) is 25.8 Å². The minimum Gasteiger partial charge on any atom is -0.481 e. The molecule has 0 saturated carbocycles. The summed E-state index contributed by atoms with van der Waals surface area (Å²) in [4.78, 5) is 13.9.